The van der Waals surface area contributed by atoms with Crippen LogP contribution in [0.15, 0.2) is 54.6 Å². The zero-order valence-corrected chi connectivity index (χ0v) is 18.5. The number of likely N-dealkylation sites (tertiary alicyclic amines) is 1. The quantitative estimate of drug-likeness (QED) is 0.762. The molecule has 168 valence electrons. The van der Waals surface area contributed by atoms with Crippen LogP contribution in [0.1, 0.15) is 68.4 Å². The number of nitrogens with one attached hydrogen (secondary N) is 1. The molecule has 4 nitrogen and oxygen atoms in total. The van der Waals surface area contributed by atoms with Crippen molar-refractivity contribution in [3.8, 4) is 0 Å². The highest BCUT2D eigenvalue weighted by atomic mass is 19.1. The first-order valence-corrected chi connectivity index (χ1v) is 11.9. The molecular weight excluding hydrogens is 403 g/mol. The van der Waals surface area contributed by atoms with Crippen molar-refractivity contribution in [2.45, 2.75) is 68.2 Å². The van der Waals surface area contributed by atoms with Crippen molar-refractivity contribution >= 4 is 11.8 Å². The van der Waals surface area contributed by atoms with E-state index in [0.29, 0.717) is 19.5 Å². The van der Waals surface area contributed by atoms with Gasteiger partial charge in [0.2, 0.25) is 11.8 Å². The third-order valence-electron chi connectivity index (χ3n) is 7.96. The average molecular weight is 435 g/mol. The molecule has 2 saturated heterocycles. The molecule has 2 aliphatic heterocycles. The second-order valence-corrected chi connectivity index (χ2v) is 9.86. The molecule has 0 unspecified atom stereocenters. The lowest BCUT2D eigenvalue weighted by molar-refractivity contribution is -0.137. The zero-order chi connectivity index (χ0) is 22.2. The minimum absolute atomic E-state index is 0.0386. The highest BCUT2D eigenvalue weighted by Crippen LogP contribution is 2.47. The van der Waals surface area contributed by atoms with Crippen molar-refractivity contribution in [3.63, 3.8) is 0 Å². The van der Waals surface area contributed by atoms with Gasteiger partial charge in [-0.05, 0) is 48.9 Å². The van der Waals surface area contributed by atoms with Crippen LogP contribution in [-0.4, -0.2) is 35.3 Å². The summed E-state index contributed by atoms with van der Waals surface area (Å²) < 4.78 is 13.6. The number of rotatable bonds is 3. The minimum atomic E-state index is -0.489. The van der Waals surface area contributed by atoms with Crippen molar-refractivity contribution in [2.24, 2.45) is 0 Å². The van der Waals surface area contributed by atoms with Gasteiger partial charge in [0, 0.05) is 25.4 Å². The van der Waals surface area contributed by atoms with Gasteiger partial charge in [-0.25, -0.2) is 4.39 Å². The van der Waals surface area contributed by atoms with Crippen LogP contribution in [0.2, 0.25) is 0 Å². The summed E-state index contributed by atoms with van der Waals surface area (Å²) in [6, 6.07) is 16.8. The van der Waals surface area contributed by atoms with E-state index in [1.165, 1.54) is 12.1 Å². The van der Waals surface area contributed by atoms with Crippen LogP contribution in [0, 0.1) is 5.82 Å². The number of halogens is 1. The van der Waals surface area contributed by atoms with Crippen LogP contribution >= 0.6 is 0 Å². The largest absolute Gasteiger partial charge is 0.348 e. The second kappa shape index (κ2) is 8.34. The van der Waals surface area contributed by atoms with Crippen LogP contribution in [0.5, 0.6) is 0 Å². The molecule has 2 aromatic carbocycles. The maximum Gasteiger partial charge on any atom is 0.233 e. The van der Waals surface area contributed by atoms with Crippen LogP contribution in [0.4, 0.5) is 4.39 Å². The van der Waals surface area contributed by atoms with Gasteiger partial charge >= 0.3 is 0 Å². The van der Waals surface area contributed by atoms with E-state index < -0.39 is 11.0 Å². The van der Waals surface area contributed by atoms with E-state index in [1.807, 2.05) is 35.2 Å². The number of carbonyl (C=O) groups is 2. The lowest BCUT2D eigenvalue weighted by atomic mass is 9.77. The van der Waals surface area contributed by atoms with Gasteiger partial charge < -0.3 is 10.2 Å². The summed E-state index contributed by atoms with van der Waals surface area (Å²) in [6.45, 7) is 1.08. The van der Waals surface area contributed by atoms with E-state index >= 15 is 0 Å². The average Bonchev–Trinajstić information content (AvgIpc) is 3.39. The molecule has 32 heavy (non-hydrogen) atoms. The predicted molar refractivity (Wildman–Crippen MR) is 122 cm³/mol. The Morgan fingerprint density at radius 3 is 2.34 bits per heavy atom. The van der Waals surface area contributed by atoms with E-state index in [4.69, 9.17) is 0 Å². The van der Waals surface area contributed by atoms with Crippen molar-refractivity contribution in [1.29, 1.82) is 0 Å². The molecular formula is C27H31FN2O2. The third kappa shape index (κ3) is 3.62. The fourth-order valence-electron chi connectivity index (χ4n) is 6.36. The predicted octanol–water partition coefficient (Wildman–Crippen LogP) is 4.69. The highest BCUT2D eigenvalue weighted by molar-refractivity contribution is 5.89. The lowest BCUT2D eigenvalue weighted by Gasteiger charge is -2.36. The maximum absolute atomic E-state index is 14.1. The van der Waals surface area contributed by atoms with Gasteiger partial charge in [0.25, 0.3) is 0 Å². The van der Waals surface area contributed by atoms with Gasteiger partial charge in [0.05, 0.1) is 11.0 Å². The van der Waals surface area contributed by atoms with Gasteiger partial charge in [0.1, 0.15) is 5.82 Å². The molecule has 5 rings (SSSR count). The van der Waals surface area contributed by atoms with E-state index in [-0.39, 0.29) is 23.5 Å². The van der Waals surface area contributed by atoms with Gasteiger partial charge in [0.15, 0.2) is 0 Å². The van der Waals surface area contributed by atoms with E-state index in [2.05, 4.69) is 17.4 Å². The number of hydrogen-bond acceptors (Lipinski definition) is 2. The normalized spacial score (nSPS) is 27.3. The van der Waals surface area contributed by atoms with Crippen molar-refractivity contribution in [3.05, 3.63) is 71.5 Å². The van der Waals surface area contributed by atoms with E-state index in [9.17, 15) is 14.0 Å². The first-order chi connectivity index (χ1) is 15.5. The summed E-state index contributed by atoms with van der Waals surface area (Å²) in [5.74, 6) is -0.0674. The highest BCUT2D eigenvalue weighted by Gasteiger charge is 2.53. The number of hydrogen-bond donors (Lipinski definition) is 1. The maximum atomic E-state index is 14.1. The molecule has 1 saturated carbocycles. The van der Waals surface area contributed by atoms with Crippen LogP contribution in [0.25, 0.3) is 0 Å². The Labute approximate surface area is 189 Å². The Kier molecular flexibility index (Phi) is 5.52. The summed E-state index contributed by atoms with van der Waals surface area (Å²) in [6.07, 6.45) is 7.02. The second-order valence-electron chi connectivity index (χ2n) is 9.86. The zero-order valence-electron chi connectivity index (χ0n) is 18.5. The SMILES string of the molecule is O=C1CCCC[C@]2(CN(C(=O)C3(c4ccccc4)CCCC3)C[C@H]2c2ccc(F)cc2)N1. The van der Waals surface area contributed by atoms with Crippen LogP contribution < -0.4 is 5.32 Å². The Hall–Kier alpha value is -2.69. The topological polar surface area (TPSA) is 49.4 Å². The molecule has 0 bridgehead atoms. The Morgan fingerprint density at radius 2 is 1.62 bits per heavy atom. The van der Waals surface area contributed by atoms with Crippen LogP contribution in [-0.2, 0) is 15.0 Å². The summed E-state index contributed by atoms with van der Waals surface area (Å²) >= 11 is 0. The Balaban J connectivity index is 1.52. The Bertz CT molecular complexity index is 984. The van der Waals surface area contributed by atoms with Crippen molar-refractivity contribution in [1.82, 2.24) is 10.2 Å². The smallest absolute Gasteiger partial charge is 0.233 e. The van der Waals surface area contributed by atoms with Gasteiger partial charge in [-0.2, -0.15) is 0 Å². The summed E-state index contributed by atoms with van der Waals surface area (Å²) in [5.41, 5.74) is 1.13. The third-order valence-corrected chi connectivity index (χ3v) is 7.96. The standard InChI is InChI=1S/C27H31FN2O2/c28-22-13-11-20(12-14-22)23-18-30(19-27(23)17-5-4-10-24(31)29-27)25(32)26(15-6-7-16-26)21-8-2-1-3-9-21/h1-3,8-9,11-14,23H,4-7,10,15-19H2,(H,29,31)/t23-,27+/m0/s1. The number of carbonyl (C=O) groups excluding carboxylic acids is 2. The number of nitrogens with zero attached hydrogens (tertiary/aromatic N) is 1. The molecule has 2 aromatic rings. The first-order valence-electron chi connectivity index (χ1n) is 11.9. The molecule has 2 amide bonds. The monoisotopic (exact) mass is 434 g/mol. The summed E-state index contributed by atoms with van der Waals surface area (Å²) in [7, 11) is 0. The first kappa shape index (κ1) is 21.2. The van der Waals surface area contributed by atoms with Crippen molar-refractivity contribution in [2.75, 3.05) is 13.1 Å². The van der Waals surface area contributed by atoms with E-state index in [0.717, 1.165) is 56.1 Å². The fraction of sp³-hybridized carbons (Fsp3) is 0.481. The molecule has 1 spiro atoms. The molecule has 0 radical (unpaired) electrons. The molecule has 2 atom stereocenters. The lowest BCUT2D eigenvalue weighted by Crippen LogP contribution is -2.53. The number of benzene rings is 2. The Morgan fingerprint density at radius 1 is 0.938 bits per heavy atom. The number of amides is 2. The molecule has 0 aromatic heterocycles. The minimum Gasteiger partial charge on any atom is -0.348 e. The summed E-state index contributed by atoms with van der Waals surface area (Å²) in [4.78, 5) is 28.8. The molecule has 1 N–H and O–H groups in total. The van der Waals surface area contributed by atoms with Crippen molar-refractivity contribution < 1.29 is 14.0 Å². The summed E-state index contributed by atoms with van der Waals surface area (Å²) in [5, 5.41) is 3.32. The fourth-order valence-corrected chi connectivity index (χ4v) is 6.36. The molecule has 2 heterocycles. The molecule has 1 aliphatic carbocycles. The molecule has 5 heteroatoms. The van der Waals surface area contributed by atoms with E-state index in [1.54, 1.807) is 0 Å². The molecule has 3 fully saturated rings. The van der Waals surface area contributed by atoms with Crippen LogP contribution in [0.3, 0.4) is 0 Å². The van der Waals surface area contributed by atoms with Gasteiger partial charge in [-0.15, -0.1) is 0 Å². The van der Waals surface area contributed by atoms with Gasteiger partial charge in [-0.1, -0.05) is 61.7 Å². The molecule has 3 aliphatic rings. The van der Waals surface area contributed by atoms with Gasteiger partial charge in [-0.3, -0.25) is 9.59 Å².